The van der Waals surface area contributed by atoms with Crippen LogP contribution in [0.5, 0.6) is 0 Å². The maximum absolute atomic E-state index is 5.28. The van der Waals surface area contributed by atoms with Crippen LogP contribution in [0, 0.1) is 0 Å². The summed E-state index contributed by atoms with van der Waals surface area (Å²) >= 11 is 0. The van der Waals surface area contributed by atoms with Gasteiger partial charge in [0.2, 0.25) is 0 Å². The van der Waals surface area contributed by atoms with Crippen molar-refractivity contribution in [3.05, 3.63) is 0 Å². The van der Waals surface area contributed by atoms with E-state index < -0.39 is 0 Å². The average Bonchev–Trinajstić information content (AvgIpc) is 1.83. The van der Waals surface area contributed by atoms with Gasteiger partial charge in [-0.15, -0.1) is 12.4 Å². The van der Waals surface area contributed by atoms with E-state index in [1.165, 1.54) is 6.42 Å². The Labute approximate surface area is 86.9 Å². The summed E-state index contributed by atoms with van der Waals surface area (Å²) in [7, 11) is 0. The molecule has 0 aromatic heterocycles. The molecule has 0 bridgehead atoms. The summed E-state index contributed by atoms with van der Waals surface area (Å²) < 4.78 is 0. The SMILES string of the molecule is CC1(C)CCCC(C)(C)N1ON.Cl. The van der Waals surface area contributed by atoms with Crippen LogP contribution >= 0.6 is 12.4 Å². The number of hydroxylamine groups is 2. The predicted molar refractivity (Wildman–Crippen MR) is 56.4 cm³/mol. The second-order valence-electron chi connectivity index (χ2n) is 4.88. The zero-order chi connectivity index (χ0) is 9.41. The third-order valence-corrected chi connectivity index (χ3v) is 2.78. The molecule has 1 heterocycles. The van der Waals surface area contributed by atoms with Crippen LogP contribution in [0.15, 0.2) is 0 Å². The molecule has 80 valence electrons. The van der Waals surface area contributed by atoms with E-state index in [-0.39, 0.29) is 23.5 Å². The molecule has 0 unspecified atom stereocenters. The molecule has 13 heavy (non-hydrogen) atoms. The first-order valence-corrected chi connectivity index (χ1v) is 4.57. The third-order valence-electron chi connectivity index (χ3n) is 2.78. The van der Waals surface area contributed by atoms with Gasteiger partial charge in [0, 0.05) is 11.1 Å². The minimum atomic E-state index is 0. The van der Waals surface area contributed by atoms with Crippen LogP contribution in [0.25, 0.3) is 0 Å². The molecule has 0 aromatic rings. The molecular formula is C9H21ClN2O. The fraction of sp³-hybridized carbons (Fsp3) is 1.00. The highest BCUT2D eigenvalue weighted by molar-refractivity contribution is 5.85. The van der Waals surface area contributed by atoms with Crippen molar-refractivity contribution < 1.29 is 4.94 Å². The lowest BCUT2D eigenvalue weighted by Gasteiger charge is -2.49. The first kappa shape index (κ1) is 13.2. The fourth-order valence-electron chi connectivity index (χ4n) is 2.26. The molecule has 3 nitrogen and oxygen atoms in total. The molecule has 0 atom stereocenters. The van der Waals surface area contributed by atoms with Gasteiger partial charge in [0.1, 0.15) is 0 Å². The standard InChI is InChI=1S/C9H20N2O.ClH/c1-8(2)6-5-7-9(3,4)11(8)12-10;/h5-7,10H2,1-4H3;1H. The zero-order valence-electron chi connectivity index (χ0n) is 8.96. The third kappa shape index (κ3) is 2.56. The second kappa shape index (κ2) is 4.13. The number of halogens is 1. The van der Waals surface area contributed by atoms with Crippen molar-refractivity contribution in [2.45, 2.75) is 58.0 Å². The Morgan fingerprint density at radius 1 is 1.08 bits per heavy atom. The van der Waals surface area contributed by atoms with Gasteiger partial charge in [-0.3, -0.25) is 0 Å². The van der Waals surface area contributed by atoms with Crippen LogP contribution in [0.2, 0.25) is 0 Å². The Morgan fingerprint density at radius 2 is 1.46 bits per heavy atom. The van der Waals surface area contributed by atoms with Gasteiger partial charge >= 0.3 is 0 Å². The molecule has 1 fully saturated rings. The van der Waals surface area contributed by atoms with Crippen molar-refractivity contribution in [3.8, 4) is 0 Å². The number of piperidine rings is 1. The molecule has 0 aliphatic carbocycles. The van der Waals surface area contributed by atoms with Gasteiger partial charge in [0.05, 0.1) is 0 Å². The maximum Gasteiger partial charge on any atom is 0.0431 e. The Morgan fingerprint density at radius 3 is 1.69 bits per heavy atom. The van der Waals surface area contributed by atoms with E-state index in [4.69, 9.17) is 10.8 Å². The van der Waals surface area contributed by atoms with Crippen LogP contribution in [0.3, 0.4) is 0 Å². The van der Waals surface area contributed by atoms with Gasteiger partial charge in [-0.2, -0.15) is 11.0 Å². The van der Waals surface area contributed by atoms with Gasteiger partial charge in [-0.1, -0.05) is 0 Å². The number of nitrogens with two attached hydrogens (primary N) is 1. The number of hydrogen-bond acceptors (Lipinski definition) is 3. The van der Waals surface area contributed by atoms with Gasteiger partial charge < -0.3 is 0 Å². The number of nitrogens with zero attached hydrogens (tertiary/aromatic N) is 1. The summed E-state index contributed by atoms with van der Waals surface area (Å²) in [5.41, 5.74) is 0.132. The quantitative estimate of drug-likeness (QED) is 0.672. The lowest BCUT2D eigenvalue weighted by Crippen LogP contribution is -2.59. The minimum absolute atomic E-state index is 0. The van der Waals surface area contributed by atoms with E-state index in [1.807, 2.05) is 5.06 Å². The van der Waals surface area contributed by atoms with Crippen LogP contribution < -0.4 is 5.90 Å². The Bertz CT molecular complexity index is 155. The molecule has 1 aliphatic rings. The van der Waals surface area contributed by atoms with Crippen molar-refractivity contribution in [2.24, 2.45) is 5.90 Å². The van der Waals surface area contributed by atoms with E-state index >= 15 is 0 Å². The van der Waals surface area contributed by atoms with Crippen molar-refractivity contribution in [3.63, 3.8) is 0 Å². The van der Waals surface area contributed by atoms with Crippen molar-refractivity contribution >= 4 is 12.4 Å². The van der Waals surface area contributed by atoms with E-state index in [0.29, 0.717) is 0 Å². The van der Waals surface area contributed by atoms with Crippen molar-refractivity contribution in [2.75, 3.05) is 0 Å². The van der Waals surface area contributed by atoms with E-state index in [1.54, 1.807) is 0 Å². The number of rotatable bonds is 1. The fourth-order valence-corrected chi connectivity index (χ4v) is 2.26. The molecule has 0 saturated carbocycles. The molecule has 1 aliphatic heterocycles. The summed E-state index contributed by atoms with van der Waals surface area (Å²) in [6, 6.07) is 0. The van der Waals surface area contributed by atoms with Gasteiger partial charge in [0.15, 0.2) is 0 Å². The molecule has 0 aromatic carbocycles. The molecular weight excluding hydrogens is 188 g/mol. The first-order valence-electron chi connectivity index (χ1n) is 4.57. The molecule has 1 saturated heterocycles. The first-order chi connectivity index (χ1) is 5.40. The predicted octanol–water partition coefficient (Wildman–Crippen LogP) is 2.26. The highest BCUT2D eigenvalue weighted by Gasteiger charge is 2.42. The zero-order valence-corrected chi connectivity index (χ0v) is 9.78. The average molecular weight is 209 g/mol. The summed E-state index contributed by atoms with van der Waals surface area (Å²) in [6.07, 6.45) is 3.54. The molecule has 1 rings (SSSR count). The smallest absolute Gasteiger partial charge is 0.0431 e. The lowest BCUT2D eigenvalue weighted by molar-refractivity contribution is -0.284. The summed E-state index contributed by atoms with van der Waals surface area (Å²) in [6.45, 7) is 8.67. The van der Waals surface area contributed by atoms with E-state index in [0.717, 1.165) is 12.8 Å². The number of hydrogen-bond donors (Lipinski definition) is 1. The highest BCUT2D eigenvalue weighted by Crippen LogP contribution is 2.37. The van der Waals surface area contributed by atoms with Crippen LogP contribution in [0.1, 0.15) is 47.0 Å². The molecule has 0 spiro atoms. The monoisotopic (exact) mass is 208 g/mol. The highest BCUT2D eigenvalue weighted by atomic mass is 35.5. The van der Waals surface area contributed by atoms with E-state index in [2.05, 4.69) is 27.7 Å². The van der Waals surface area contributed by atoms with Gasteiger partial charge in [0.25, 0.3) is 0 Å². The van der Waals surface area contributed by atoms with Crippen LogP contribution in [-0.2, 0) is 4.94 Å². The summed E-state index contributed by atoms with van der Waals surface area (Å²) in [5, 5.41) is 1.92. The largest absolute Gasteiger partial charge is 0.213 e. The van der Waals surface area contributed by atoms with Crippen molar-refractivity contribution in [1.29, 1.82) is 0 Å². The van der Waals surface area contributed by atoms with Crippen molar-refractivity contribution in [1.82, 2.24) is 5.06 Å². The normalized spacial score (nSPS) is 26.5. The Hall–Kier alpha value is 0.170. The maximum atomic E-state index is 5.28. The topological polar surface area (TPSA) is 38.5 Å². The van der Waals surface area contributed by atoms with E-state index in [9.17, 15) is 0 Å². The molecule has 2 N–H and O–H groups in total. The Kier molecular flexibility index (Phi) is 4.19. The minimum Gasteiger partial charge on any atom is -0.213 e. The van der Waals surface area contributed by atoms with Crippen LogP contribution in [0.4, 0.5) is 0 Å². The molecule has 0 amide bonds. The summed E-state index contributed by atoms with van der Waals surface area (Å²) in [5.74, 6) is 5.28. The molecule has 4 heteroatoms. The Balaban J connectivity index is 0.00000144. The lowest BCUT2D eigenvalue weighted by atomic mass is 9.82. The molecule has 0 radical (unpaired) electrons. The summed E-state index contributed by atoms with van der Waals surface area (Å²) in [4.78, 5) is 4.96. The second-order valence-corrected chi connectivity index (χ2v) is 4.88. The van der Waals surface area contributed by atoms with Gasteiger partial charge in [-0.05, 0) is 47.0 Å². The van der Waals surface area contributed by atoms with Gasteiger partial charge in [-0.25, -0.2) is 4.94 Å². The van der Waals surface area contributed by atoms with Crippen LogP contribution in [-0.4, -0.2) is 16.1 Å².